The van der Waals surface area contributed by atoms with E-state index in [0.717, 1.165) is 19.4 Å². The molecular formula is C12H22N2O2. The Balaban J connectivity index is 1.79. The van der Waals surface area contributed by atoms with Gasteiger partial charge in [-0.25, -0.2) is 0 Å². The molecule has 2 heterocycles. The lowest BCUT2D eigenvalue weighted by Crippen LogP contribution is -2.37. The van der Waals surface area contributed by atoms with E-state index in [0.29, 0.717) is 12.0 Å². The molecule has 0 spiro atoms. The fourth-order valence-electron chi connectivity index (χ4n) is 3.00. The molecule has 0 saturated carbocycles. The second-order valence-corrected chi connectivity index (χ2v) is 5.27. The van der Waals surface area contributed by atoms with E-state index in [9.17, 15) is 4.79 Å². The van der Waals surface area contributed by atoms with Crippen LogP contribution in [0, 0.1) is 5.92 Å². The molecule has 2 fully saturated rings. The van der Waals surface area contributed by atoms with E-state index in [1.807, 2.05) is 0 Å². The molecule has 3 atom stereocenters. The molecule has 2 aliphatic heterocycles. The van der Waals surface area contributed by atoms with Crippen molar-refractivity contribution in [2.45, 2.75) is 44.2 Å². The van der Waals surface area contributed by atoms with Crippen LogP contribution < -0.4 is 5.32 Å². The molecule has 0 bridgehead atoms. The Bertz CT molecular complexity index is 257. The Morgan fingerprint density at radius 1 is 1.50 bits per heavy atom. The van der Waals surface area contributed by atoms with Crippen LogP contribution in [0.15, 0.2) is 0 Å². The van der Waals surface area contributed by atoms with E-state index in [4.69, 9.17) is 5.11 Å². The lowest BCUT2D eigenvalue weighted by Gasteiger charge is -2.34. The van der Waals surface area contributed by atoms with Crippen molar-refractivity contribution in [2.75, 3.05) is 20.1 Å². The summed E-state index contributed by atoms with van der Waals surface area (Å²) in [5.41, 5.74) is 0. The number of aliphatic carboxylic acids is 1. The lowest BCUT2D eigenvalue weighted by molar-refractivity contribution is -0.139. The summed E-state index contributed by atoms with van der Waals surface area (Å²) in [4.78, 5) is 13.3. The Kier molecular flexibility index (Phi) is 3.82. The van der Waals surface area contributed by atoms with Gasteiger partial charge in [-0.3, -0.25) is 4.79 Å². The molecule has 2 saturated heterocycles. The van der Waals surface area contributed by atoms with Crippen molar-refractivity contribution < 1.29 is 9.90 Å². The molecule has 2 aliphatic rings. The molecule has 16 heavy (non-hydrogen) atoms. The van der Waals surface area contributed by atoms with Crippen LogP contribution in [0.4, 0.5) is 0 Å². The van der Waals surface area contributed by atoms with Crippen LogP contribution in [0.1, 0.15) is 32.1 Å². The maximum atomic E-state index is 10.8. The summed E-state index contributed by atoms with van der Waals surface area (Å²) in [5.74, 6) is -0.147. The average Bonchev–Trinajstić information content (AvgIpc) is 2.70. The summed E-state index contributed by atoms with van der Waals surface area (Å²) in [5, 5.41) is 12.0. The fourth-order valence-corrected chi connectivity index (χ4v) is 3.00. The molecule has 3 unspecified atom stereocenters. The minimum Gasteiger partial charge on any atom is -0.480 e. The highest BCUT2D eigenvalue weighted by atomic mass is 16.4. The average molecular weight is 226 g/mol. The third kappa shape index (κ3) is 2.74. The minimum absolute atomic E-state index is 0.307. The van der Waals surface area contributed by atoms with Gasteiger partial charge in [0.15, 0.2) is 0 Å². The zero-order chi connectivity index (χ0) is 11.5. The van der Waals surface area contributed by atoms with E-state index in [2.05, 4.69) is 17.3 Å². The van der Waals surface area contributed by atoms with Gasteiger partial charge in [0.1, 0.15) is 6.04 Å². The minimum atomic E-state index is -0.695. The number of nitrogens with zero attached hydrogens (tertiary/aromatic N) is 1. The van der Waals surface area contributed by atoms with Crippen LogP contribution in [-0.4, -0.2) is 48.2 Å². The smallest absolute Gasteiger partial charge is 0.320 e. The highest BCUT2D eigenvalue weighted by molar-refractivity contribution is 5.73. The number of rotatable bonds is 3. The Labute approximate surface area is 97.0 Å². The topological polar surface area (TPSA) is 52.6 Å². The van der Waals surface area contributed by atoms with Gasteiger partial charge < -0.3 is 15.3 Å². The highest BCUT2D eigenvalue weighted by Crippen LogP contribution is 2.26. The molecule has 2 rings (SSSR count). The number of nitrogens with one attached hydrogen (secondary N) is 1. The SMILES string of the molecule is CN1CCCCC1CC1CNC(C(=O)O)C1. The van der Waals surface area contributed by atoms with Crippen molar-refractivity contribution in [1.82, 2.24) is 10.2 Å². The Hall–Kier alpha value is -0.610. The second-order valence-electron chi connectivity index (χ2n) is 5.27. The Morgan fingerprint density at radius 2 is 2.31 bits per heavy atom. The first kappa shape index (κ1) is 11.9. The predicted molar refractivity (Wildman–Crippen MR) is 62.4 cm³/mol. The van der Waals surface area contributed by atoms with Crippen LogP contribution in [0.25, 0.3) is 0 Å². The maximum Gasteiger partial charge on any atom is 0.320 e. The zero-order valence-corrected chi connectivity index (χ0v) is 9.98. The van der Waals surface area contributed by atoms with Crippen LogP contribution in [0.5, 0.6) is 0 Å². The summed E-state index contributed by atoms with van der Waals surface area (Å²) in [6, 6.07) is 0.368. The third-order valence-electron chi connectivity index (χ3n) is 4.05. The number of hydrogen-bond acceptors (Lipinski definition) is 3. The monoisotopic (exact) mass is 226 g/mol. The van der Waals surface area contributed by atoms with E-state index in [-0.39, 0.29) is 6.04 Å². The first-order chi connectivity index (χ1) is 7.66. The molecule has 2 N–H and O–H groups in total. The molecular weight excluding hydrogens is 204 g/mol. The highest BCUT2D eigenvalue weighted by Gasteiger charge is 2.31. The van der Waals surface area contributed by atoms with E-state index in [1.165, 1.54) is 25.8 Å². The van der Waals surface area contributed by atoms with Crippen LogP contribution in [-0.2, 0) is 4.79 Å². The summed E-state index contributed by atoms with van der Waals surface area (Å²) in [6.07, 6.45) is 5.89. The predicted octanol–water partition coefficient (Wildman–Crippen LogP) is 0.923. The van der Waals surface area contributed by atoms with Crippen LogP contribution >= 0.6 is 0 Å². The van der Waals surface area contributed by atoms with Gasteiger partial charge in [0, 0.05) is 6.04 Å². The summed E-state index contributed by atoms with van der Waals surface area (Å²) < 4.78 is 0. The molecule has 92 valence electrons. The summed E-state index contributed by atoms with van der Waals surface area (Å²) >= 11 is 0. The van der Waals surface area contributed by atoms with Crippen LogP contribution in [0.3, 0.4) is 0 Å². The van der Waals surface area contributed by atoms with Gasteiger partial charge in [0.05, 0.1) is 0 Å². The van der Waals surface area contributed by atoms with Crippen molar-refractivity contribution in [1.29, 1.82) is 0 Å². The van der Waals surface area contributed by atoms with E-state index >= 15 is 0 Å². The number of carbonyl (C=O) groups is 1. The molecule has 0 aromatic carbocycles. The first-order valence-corrected chi connectivity index (χ1v) is 6.33. The van der Waals surface area contributed by atoms with Crippen molar-refractivity contribution in [3.63, 3.8) is 0 Å². The summed E-state index contributed by atoms with van der Waals surface area (Å²) in [6.45, 7) is 2.08. The molecule has 0 aromatic heterocycles. The van der Waals surface area contributed by atoms with Crippen molar-refractivity contribution >= 4 is 5.97 Å². The van der Waals surface area contributed by atoms with E-state index < -0.39 is 5.97 Å². The zero-order valence-electron chi connectivity index (χ0n) is 9.98. The number of hydrogen-bond donors (Lipinski definition) is 2. The molecule has 0 aliphatic carbocycles. The maximum absolute atomic E-state index is 10.8. The first-order valence-electron chi connectivity index (χ1n) is 6.33. The number of carboxylic acids is 1. The van der Waals surface area contributed by atoms with Gasteiger partial charge in [-0.05, 0) is 51.7 Å². The Morgan fingerprint density at radius 3 is 2.94 bits per heavy atom. The van der Waals surface area contributed by atoms with Gasteiger partial charge in [0.2, 0.25) is 0 Å². The van der Waals surface area contributed by atoms with E-state index in [1.54, 1.807) is 0 Å². The third-order valence-corrected chi connectivity index (χ3v) is 4.05. The van der Waals surface area contributed by atoms with Gasteiger partial charge >= 0.3 is 5.97 Å². The van der Waals surface area contributed by atoms with Gasteiger partial charge in [-0.1, -0.05) is 6.42 Å². The quantitative estimate of drug-likeness (QED) is 0.751. The van der Waals surface area contributed by atoms with Gasteiger partial charge in [-0.15, -0.1) is 0 Å². The van der Waals surface area contributed by atoms with Gasteiger partial charge in [-0.2, -0.15) is 0 Å². The van der Waals surface area contributed by atoms with Crippen molar-refractivity contribution in [2.24, 2.45) is 5.92 Å². The number of piperidine rings is 1. The second kappa shape index (κ2) is 5.15. The number of carboxylic acid groups (broad SMARTS) is 1. The fraction of sp³-hybridized carbons (Fsp3) is 0.917. The van der Waals surface area contributed by atoms with Gasteiger partial charge in [0.25, 0.3) is 0 Å². The standard InChI is InChI=1S/C12H22N2O2/c1-14-5-3-2-4-10(14)6-9-7-11(12(15)16)13-8-9/h9-11,13H,2-8H2,1H3,(H,15,16). The largest absolute Gasteiger partial charge is 0.480 e. The lowest BCUT2D eigenvalue weighted by atomic mass is 9.91. The van der Waals surface area contributed by atoms with Crippen molar-refractivity contribution in [3.05, 3.63) is 0 Å². The molecule has 0 amide bonds. The molecule has 4 heteroatoms. The molecule has 4 nitrogen and oxygen atoms in total. The summed E-state index contributed by atoms with van der Waals surface area (Å²) in [7, 11) is 2.20. The van der Waals surface area contributed by atoms with Crippen molar-refractivity contribution in [3.8, 4) is 0 Å². The van der Waals surface area contributed by atoms with Crippen LogP contribution in [0.2, 0.25) is 0 Å². The number of likely N-dealkylation sites (tertiary alicyclic amines) is 1. The normalized spacial score (nSPS) is 36.4. The molecule has 0 aromatic rings. The molecule has 0 radical (unpaired) electrons.